The van der Waals surface area contributed by atoms with Gasteiger partial charge in [0.1, 0.15) is 0 Å². The van der Waals surface area contributed by atoms with Crippen LogP contribution in [0.1, 0.15) is 113 Å². The molecule has 4 aliphatic carbocycles. The maximum absolute atomic E-state index is 10.8. The lowest BCUT2D eigenvalue weighted by atomic mass is 9.43. The Balaban J connectivity index is 1.54. The molecule has 0 aromatic rings. The van der Waals surface area contributed by atoms with E-state index in [1.54, 1.807) is 0 Å². The molecule has 3 fully saturated rings. The van der Waals surface area contributed by atoms with Crippen LogP contribution < -0.4 is 0 Å². The molecule has 8 atom stereocenters. The molecule has 172 valence electrons. The minimum atomic E-state index is -0.123. The van der Waals surface area contributed by atoms with Gasteiger partial charge in [0.2, 0.25) is 0 Å². The molecule has 0 saturated heterocycles. The molecule has 0 bridgehead atoms. The zero-order valence-electron chi connectivity index (χ0n) is 21.1. The van der Waals surface area contributed by atoms with Crippen molar-refractivity contribution in [1.82, 2.24) is 0 Å². The molecule has 1 heteroatoms. The number of aliphatic hydroxyl groups is 1. The van der Waals surface area contributed by atoms with E-state index >= 15 is 0 Å². The lowest BCUT2D eigenvalue weighted by molar-refractivity contribution is -0.125. The minimum Gasteiger partial charge on any atom is -0.393 e. The lowest BCUT2D eigenvalue weighted by Gasteiger charge is -2.62. The van der Waals surface area contributed by atoms with Gasteiger partial charge in [0.25, 0.3) is 0 Å². The van der Waals surface area contributed by atoms with E-state index in [0.29, 0.717) is 16.7 Å². The summed E-state index contributed by atoms with van der Waals surface area (Å²) in [6.45, 7) is 17.3. The Hall–Kier alpha value is -0.300. The average molecular weight is 415 g/mol. The van der Waals surface area contributed by atoms with Crippen molar-refractivity contribution in [3.8, 4) is 0 Å². The van der Waals surface area contributed by atoms with E-state index in [-0.39, 0.29) is 11.5 Å². The van der Waals surface area contributed by atoms with Crippen LogP contribution in [0.2, 0.25) is 0 Å². The minimum absolute atomic E-state index is 0.0545. The molecule has 8 unspecified atom stereocenters. The number of allylic oxidation sites excluding steroid dienone is 2. The fraction of sp³-hybridized carbons (Fsp3) is 0.931. The van der Waals surface area contributed by atoms with Gasteiger partial charge in [0.05, 0.1) is 6.10 Å². The van der Waals surface area contributed by atoms with Crippen LogP contribution in [0.15, 0.2) is 11.6 Å². The Morgan fingerprint density at radius 3 is 2.27 bits per heavy atom. The lowest BCUT2D eigenvalue weighted by Crippen LogP contribution is -2.56. The van der Waals surface area contributed by atoms with Crippen LogP contribution in [0.5, 0.6) is 0 Å². The third-order valence-corrected chi connectivity index (χ3v) is 11.2. The quantitative estimate of drug-likeness (QED) is 0.451. The predicted octanol–water partition coefficient (Wildman–Crippen LogP) is 8.02. The van der Waals surface area contributed by atoms with Crippen LogP contribution in [0, 0.1) is 51.8 Å². The fourth-order valence-corrected chi connectivity index (χ4v) is 9.33. The number of aliphatic hydroxyl groups excluding tert-OH is 1. The number of fused-ring (bicyclic) bond motifs is 5. The SMILES string of the molecule is CC(C)CCCC(C)C1CCC2C3=CCC4C(C)(C)C(O)CCC4(C)C3CCC21C. The van der Waals surface area contributed by atoms with Gasteiger partial charge in [0, 0.05) is 0 Å². The van der Waals surface area contributed by atoms with Crippen molar-refractivity contribution in [2.24, 2.45) is 51.8 Å². The maximum atomic E-state index is 10.8. The van der Waals surface area contributed by atoms with Crippen LogP contribution in [0.25, 0.3) is 0 Å². The van der Waals surface area contributed by atoms with Gasteiger partial charge in [-0.2, -0.15) is 0 Å². The Kier molecular flexibility index (Phi) is 6.05. The molecule has 0 aromatic carbocycles. The highest BCUT2D eigenvalue weighted by Crippen LogP contribution is 2.68. The van der Waals surface area contributed by atoms with Gasteiger partial charge in [-0.05, 0) is 96.7 Å². The molecule has 0 aliphatic heterocycles. The summed E-state index contributed by atoms with van der Waals surface area (Å²) in [7, 11) is 0. The molecule has 4 aliphatic rings. The second-order valence-corrected chi connectivity index (χ2v) is 13.5. The molecule has 0 radical (unpaired) electrons. The van der Waals surface area contributed by atoms with Crippen LogP contribution in [-0.4, -0.2) is 11.2 Å². The van der Waals surface area contributed by atoms with Gasteiger partial charge in [0.15, 0.2) is 0 Å². The van der Waals surface area contributed by atoms with Gasteiger partial charge in [-0.1, -0.05) is 79.4 Å². The van der Waals surface area contributed by atoms with Gasteiger partial charge >= 0.3 is 0 Å². The summed E-state index contributed by atoms with van der Waals surface area (Å²) in [4.78, 5) is 0. The first-order valence-corrected chi connectivity index (χ1v) is 13.4. The molecular formula is C29H50O. The zero-order valence-corrected chi connectivity index (χ0v) is 21.1. The van der Waals surface area contributed by atoms with Crippen LogP contribution >= 0.6 is 0 Å². The summed E-state index contributed by atoms with van der Waals surface area (Å²) in [5.74, 6) is 4.90. The highest BCUT2D eigenvalue weighted by atomic mass is 16.3. The molecule has 4 rings (SSSR count). The second-order valence-electron chi connectivity index (χ2n) is 13.5. The van der Waals surface area contributed by atoms with Crippen molar-refractivity contribution in [1.29, 1.82) is 0 Å². The van der Waals surface area contributed by atoms with Crippen LogP contribution in [0.4, 0.5) is 0 Å². The van der Waals surface area contributed by atoms with Gasteiger partial charge in [-0.25, -0.2) is 0 Å². The highest BCUT2D eigenvalue weighted by molar-refractivity contribution is 5.28. The topological polar surface area (TPSA) is 20.2 Å². The van der Waals surface area contributed by atoms with Crippen LogP contribution in [0.3, 0.4) is 0 Å². The molecule has 3 saturated carbocycles. The van der Waals surface area contributed by atoms with Gasteiger partial charge in [-0.15, -0.1) is 0 Å². The van der Waals surface area contributed by atoms with Gasteiger partial charge in [-0.3, -0.25) is 0 Å². The summed E-state index contributed by atoms with van der Waals surface area (Å²) in [6, 6.07) is 0. The number of hydrogen-bond acceptors (Lipinski definition) is 1. The van der Waals surface area contributed by atoms with Crippen molar-refractivity contribution in [3.05, 3.63) is 11.6 Å². The molecule has 0 aromatic heterocycles. The summed E-state index contributed by atoms with van der Waals surface area (Å²) < 4.78 is 0. The summed E-state index contributed by atoms with van der Waals surface area (Å²) in [6.07, 6.45) is 16.0. The van der Waals surface area contributed by atoms with Crippen molar-refractivity contribution in [2.75, 3.05) is 0 Å². The van der Waals surface area contributed by atoms with E-state index in [2.05, 4.69) is 54.5 Å². The monoisotopic (exact) mass is 414 g/mol. The third kappa shape index (κ3) is 3.45. The van der Waals surface area contributed by atoms with Crippen molar-refractivity contribution in [3.63, 3.8) is 0 Å². The molecule has 1 N–H and O–H groups in total. The summed E-state index contributed by atoms with van der Waals surface area (Å²) in [5.41, 5.74) is 2.85. The Morgan fingerprint density at radius 2 is 1.57 bits per heavy atom. The van der Waals surface area contributed by atoms with E-state index in [1.165, 1.54) is 57.8 Å². The van der Waals surface area contributed by atoms with Crippen molar-refractivity contribution >= 4 is 0 Å². The first-order valence-electron chi connectivity index (χ1n) is 13.4. The average Bonchev–Trinajstić information content (AvgIpc) is 3.02. The molecule has 0 amide bonds. The standard InChI is InChI=1S/C29H50O/c1-19(2)9-8-10-20(3)22-12-13-23-21-11-14-25-27(4,5)26(30)16-18-29(25,7)24(21)15-17-28(22,23)6/h11,19-20,22-26,30H,8-10,12-18H2,1-7H3. The molecule has 0 spiro atoms. The number of rotatable bonds is 5. The van der Waals surface area contributed by atoms with E-state index in [4.69, 9.17) is 0 Å². The predicted molar refractivity (Wildman–Crippen MR) is 128 cm³/mol. The number of hydrogen-bond donors (Lipinski definition) is 1. The van der Waals surface area contributed by atoms with E-state index < -0.39 is 0 Å². The Bertz CT molecular complexity index is 659. The largest absolute Gasteiger partial charge is 0.393 e. The van der Waals surface area contributed by atoms with E-state index in [9.17, 15) is 5.11 Å². The molecule has 0 heterocycles. The first-order chi connectivity index (χ1) is 14.0. The van der Waals surface area contributed by atoms with Crippen molar-refractivity contribution < 1.29 is 5.11 Å². The maximum Gasteiger partial charge on any atom is 0.0594 e. The normalized spacial score (nSPS) is 46.0. The zero-order chi connectivity index (χ0) is 21.9. The molecule has 30 heavy (non-hydrogen) atoms. The second kappa shape index (κ2) is 7.93. The molecule has 1 nitrogen and oxygen atoms in total. The smallest absolute Gasteiger partial charge is 0.0594 e. The van der Waals surface area contributed by atoms with E-state index in [1.807, 2.05) is 5.57 Å². The van der Waals surface area contributed by atoms with Crippen molar-refractivity contribution in [2.45, 2.75) is 119 Å². The third-order valence-electron chi connectivity index (χ3n) is 11.2. The van der Waals surface area contributed by atoms with Crippen LogP contribution in [-0.2, 0) is 0 Å². The highest BCUT2D eigenvalue weighted by Gasteiger charge is 2.61. The van der Waals surface area contributed by atoms with Gasteiger partial charge < -0.3 is 5.11 Å². The molecular weight excluding hydrogens is 364 g/mol. The van der Waals surface area contributed by atoms with E-state index in [0.717, 1.165) is 36.0 Å². The summed E-state index contributed by atoms with van der Waals surface area (Å²) in [5, 5.41) is 10.8. The first kappa shape index (κ1) is 22.9. The Labute approximate surface area is 187 Å². The Morgan fingerprint density at radius 1 is 0.900 bits per heavy atom. The fourth-order valence-electron chi connectivity index (χ4n) is 9.33. The summed E-state index contributed by atoms with van der Waals surface area (Å²) >= 11 is 0.